The van der Waals surface area contributed by atoms with Crippen molar-refractivity contribution in [2.45, 2.75) is 65.0 Å². The molecule has 1 fully saturated rings. The van der Waals surface area contributed by atoms with Crippen molar-refractivity contribution in [1.82, 2.24) is 4.90 Å². The zero-order chi connectivity index (χ0) is 12.1. The zero-order valence-electron chi connectivity index (χ0n) is 10.9. The van der Waals surface area contributed by atoms with Crippen molar-refractivity contribution in [2.24, 2.45) is 11.7 Å². The highest BCUT2D eigenvalue weighted by molar-refractivity contribution is 5.82. The molecule has 1 aliphatic carbocycles. The molecule has 1 rings (SSSR count). The number of amides is 1. The van der Waals surface area contributed by atoms with Gasteiger partial charge in [-0.1, -0.05) is 33.1 Å². The molecule has 0 aliphatic heterocycles. The molecule has 1 unspecified atom stereocenters. The molecule has 3 nitrogen and oxygen atoms in total. The van der Waals surface area contributed by atoms with Gasteiger partial charge in [0.1, 0.15) is 0 Å². The Labute approximate surface area is 99.4 Å². The standard InChI is InChI=1S/C13H26N2O/c1-4-15(11-8-6-5-7-9-11)13(16)12(14)10(2)3/h10-12H,4-9,14H2,1-3H3. The minimum atomic E-state index is -0.332. The third-order valence-corrected chi connectivity index (χ3v) is 3.64. The summed E-state index contributed by atoms with van der Waals surface area (Å²) < 4.78 is 0. The summed E-state index contributed by atoms with van der Waals surface area (Å²) in [4.78, 5) is 14.2. The van der Waals surface area contributed by atoms with Gasteiger partial charge in [-0.3, -0.25) is 4.79 Å². The Morgan fingerprint density at radius 3 is 2.31 bits per heavy atom. The van der Waals surface area contributed by atoms with E-state index in [-0.39, 0.29) is 17.9 Å². The molecule has 1 amide bonds. The first-order valence-corrected chi connectivity index (χ1v) is 6.64. The van der Waals surface area contributed by atoms with Gasteiger partial charge in [-0.25, -0.2) is 0 Å². The summed E-state index contributed by atoms with van der Waals surface area (Å²) in [7, 11) is 0. The maximum absolute atomic E-state index is 12.2. The van der Waals surface area contributed by atoms with E-state index in [9.17, 15) is 4.79 Å². The van der Waals surface area contributed by atoms with Gasteiger partial charge in [-0.05, 0) is 25.7 Å². The van der Waals surface area contributed by atoms with Crippen LogP contribution in [0.4, 0.5) is 0 Å². The van der Waals surface area contributed by atoms with Crippen molar-refractivity contribution >= 4 is 5.91 Å². The molecular weight excluding hydrogens is 200 g/mol. The first-order chi connectivity index (χ1) is 7.57. The summed E-state index contributed by atoms with van der Waals surface area (Å²) in [6.07, 6.45) is 6.14. The molecule has 1 saturated carbocycles. The van der Waals surface area contributed by atoms with E-state index in [1.54, 1.807) is 0 Å². The maximum atomic E-state index is 12.2. The fourth-order valence-electron chi connectivity index (χ4n) is 2.46. The molecular formula is C13H26N2O. The van der Waals surface area contributed by atoms with Crippen molar-refractivity contribution in [3.8, 4) is 0 Å². The van der Waals surface area contributed by atoms with Gasteiger partial charge >= 0.3 is 0 Å². The van der Waals surface area contributed by atoms with Crippen LogP contribution in [0.5, 0.6) is 0 Å². The lowest BCUT2D eigenvalue weighted by Crippen LogP contribution is -2.51. The Balaban J connectivity index is 2.61. The Morgan fingerprint density at radius 2 is 1.88 bits per heavy atom. The van der Waals surface area contributed by atoms with Crippen LogP contribution in [0, 0.1) is 5.92 Å². The van der Waals surface area contributed by atoms with Gasteiger partial charge < -0.3 is 10.6 Å². The van der Waals surface area contributed by atoms with Gasteiger partial charge in [0.25, 0.3) is 0 Å². The zero-order valence-corrected chi connectivity index (χ0v) is 10.9. The lowest BCUT2D eigenvalue weighted by molar-refractivity contribution is -0.136. The number of rotatable bonds is 4. The van der Waals surface area contributed by atoms with Gasteiger partial charge in [0.2, 0.25) is 5.91 Å². The molecule has 2 N–H and O–H groups in total. The second-order valence-electron chi connectivity index (χ2n) is 5.19. The molecule has 16 heavy (non-hydrogen) atoms. The molecule has 94 valence electrons. The number of hydrogen-bond acceptors (Lipinski definition) is 2. The number of carbonyl (C=O) groups is 1. The molecule has 1 atom stereocenters. The van der Waals surface area contributed by atoms with Gasteiger partial charge in [0, 0.05) is 12.6 Å². The first kappa shape index (κ1) is 13.5. The summed E-state index contributed by atoms with van der Waals surface area (Å²) in [5.74, 6) is 0.370. The maximum Gasteiger partial charge on any atom is 0.239 e. The fourth-order valence-corrected chi connectivity index (χ4v) is 2.46. The van der Waals surface area contributed by atoms with Crippen molar-refractivity contribution in [3.63, 3.8) is 0 Å². The average molecular weight is 226 g/mol. The second-order valence-corrected chi connectivity index (χ2v) is 5.19. The second kappa shape index (κ2) is 6.24. The smallest absolute Gasteiger partial charge is 0.239 e. The summed E-state index contributed by atoms with van der Waals surface area (Å²) >= 11 is 0. The van der Waals surface area contributed by atoms with Gasteiger partial charge in [0.05, 0.1) is 6.04 Å². The molecule has 0 radical (unpaired) electrons. The summed E-state index contributed by atoms with van der Waals surface area (Å²) in [6.45, 7) is 6.87. The quantitative estimate of drug-likeness (QED) is 0.798. The van der Waals surface area contributed by atoms with E-state index in [0.717, 1.165) is 19.4 Å². The molecule has 0 bridgehead atoms. The van der Waals surface area contributed by atoms with E-state index in [4.69, 9.17) is 5.73 Å². The van der Waals surface area contributed by atoms with Crippen LogP contribution in [-0.2, 0) is 4.79 Å². The van der Waals surface area contributed by atoms with E-state index >= 15 is 0 Å². The fraction of sp³-hybridized carbons (Fsp3) is 0.923. The SMILES string of the molecule is CCN(C(=O)C(N)C(C)C)C1CCCCC1. The van der Waals surface area contributed by atoms with Gasteiger partial charge in [0.15, 0.2) is 0 Å². The van der Waals surface area contributed by atoms with E-state index < -0.39 is 0 Å². The Bertz CT molecular complexity index is 222. The summed E-state index contributed by atoms with van der Waals surface area (Å²) in [5, 5.41) is 0. The largest absolute Gasteiger partial charge is 0.339 e. The van der Waals surface area contributed by atoms with Crippen LogP contribution in [0.3, 0.4) is 0 Å². The third kappa shape index (κ3) is 3.21. The summed E-state index contributed by atoms with van der Waals surface area (Å²) in [6, 6.07) is 0.109. The topological polar surface area (TPSA) is 46.3 Å². The van der Waals surface area contributed by atoms with Crippen molar-refractivity contribution < 1.29 is 4.79 Å². The predicted molar refractivity (Wildman–Crippen MR) is 67.1 cm³/mol. The first-order valence-electron chi connectivity index (χ1n) is 6.64. The minimum Gasteiger partial charge on any atom is -0.339 e. The van der Waals surface area contributed by atoms with E-state index in [2.05, 4.69) is 6.92 Å². The van der Waals surface area contributed by atoms with E-state index in [0.29, 0.717) is 6.04 Å². The minimum absolute atomic E-state index is 0.143. The van der Waals surface area contributed by atoms with Crippen molar-refractivity contribution in [3.05, 3.63) is 0 Å². The Morgan fingerprint density at radius 1 is 1.31 bits per heavy atom. The highest BCUT2D eigenvalue weighted by Gasteiger charge is 2.28. The Kier molecular flexibility index (Phi) is 5.26. The number of likely N-dealkylation sites (N-methyl/N-ethyl adjacent to an activating group) is 1. The molecule has 0 spiro atoms. The van der Waals surface area contributed by atoms with E-state index in [1.807, 2.05) is 18.7 Å². The Hall–Kier alpha value is -0.570. The number of nitrogens with zero attached hydrogens (tertiary/aromatic N) is 1. The molecule has 0 aromatic carbocycles. The molecule has 0 aromatic rings. The highest BCUT2D eigenvalue weighted by atomic mass is 16.2. The van der Waals surface area contributed by atoms with Gasteiger partial charge in [-0.15, -0.1) is 0 Å². The van der Waals surface area contributed by atoms with Crippen molar-refractivity contribution in [2.75, 3.05) is 6.54 Å². The van der Waals surface area contributed by atoms with Crippen LogP contribution >= 0.6 is 0 Å². The van der Waals surface area contributed by atoms with Crippen LogP contribution in [0.1, 0.15) is 52.9 Å². The summed E-state index contributed by atoms with van der Waals surface area (Å²) in [5.41, 5.74) is 5.95. The molecule has 0 aromatic heterocycles. The van der Waals surface area contributed by atoms with E-state index in [1.165, 1.54) is 19.3 Å². The number of hydrogen-bond donors (Lipinski definition) is 1. The third-order valence-electron chi connectivity index (χ3n) is 3.64. The molecule has 1 aliphatic rings. The van der Waals surface area contributed by atoms with Gasteiger partial charge in [-0.2, -0.15) is 0 Å². The lowest BCUT2D eigenvalue weighted by atomic mass is 9.93. The lowest BCUT2D eigenvalue weighted by Gasteiger charge is -2.35. The van der Waals surface area contributed by atoms with Crippen molar-refractivity contribution in [1.29, 1.82) is 0 Å². The number of nitrogens with two attached hydrogens (primary N) is 1. The monoisotopic (exact) mass is 226 g/mol. The van der Waals surface area contributed by atoms with Crippen LogP contribution in [0.25, 0.3) is 0 Å². The molecule has 0 heterocycles. The molecule has 3 heteroatoms. The number of carbonyl (C=O) groups excluding carboxylic acids is 1. The normalized spacial score (nSPS) is 19.8. The predicted octanol–water partition coefficient (Wildman–Crippen LogP) is 2.15. The van der Waals surface area contributed by atoms with Crippen LogP contribution in [0.2, 0.25) is 0 Å². The van der Waals surface area contributed by atoms with Crippen LogP contribution in [-0.4, -0.2) is 29.4 Å². The van der Waals surface area contributed by atoms with Crippen LogP contribution < -0.4 is 5.73 Å². The average Bonchev–Trinajstić information content (AvgIpc) is 2.30. The highest BCUT2D eigenvalue weighted by Crippen LogP contribution is 2.23. The molecule has 0 saturated heterocycles. The van der Waals surface area contributed by atoms with Crippen LogP contribution in [0.15, 0.2) is 0 Å².